The standard InChI is InChI=1S/2C6H7N.Ru/c2*1-6-2-4-7-5-3-6;/h2*2-5H,1H3;/q;;+3. The number of hydrogen-bond acceptors (Lipinski definition) is 2. The monoisotopic (exact) mass is 288 g/mol. The van der Waals surface area contributed by atoms with Gasteiger partial charge in [0.1, 0.15) is 0 Å². The van der Waals surface area contributed by atoms with Crippen molar-refractivity contribution in [3.8, 4) is 0 Å². The summed E-state index contributed by atoms with van der Waals surface area (Å²) in [6.07, 6.45) is 7.15. The van der Waals surface area contributed by atoms with Gasteiger partial charge in [0.2, 0.25) is 0 Å². The zero-order valence-electron chi connectivity index (χ0n) is 8.87. The van der Waals surface area contributed by atoms with Crippen molar-refractivity contribution < 1.29 is 19.5 Å². The Labute approximate surface area is 104 Å². The first-order valence-electron chi connectivity index (χ1n) is 4.52. The Balaban J connectivity index is 0.000000245. The first kappa shape index (κ1) is 13.9. The van der Waals surface area contributed by atoms with Gasteiger partial charge in [-0.05, 0) is 49.2 Å². The topological polar surface area (TPSA) is 25.8 Å². The number of pyridine rings is 2. The molecule has 2 rings (SSSR count). The van der Waals surface area contributed by atoms with Crippen molar-refractivity contribution in [2.75, 3.05) is 0 Å². The summed E-state index contributed by atoms with van der Waals surface area (Å²) in [4.78, 5) is 7.69. The average molecular weight is 287 g/mol. The molecule has 0 aromatic carbocycles. The van der Waals surface area contributed by atoms with Gasteiger partial charge < -0.3 is 0 Å². The molecule has 77 valence electrons. The van der Waals surface area contributed by atoms with Gasteiger partial charge in [-0.15, -0.1) is 0 Å². The van der Waals surface area contributed by atoms with Crippen LogP contribution in [0.4, 0.5) is 0 Å². The molecule has 2 nitrogen and oxygen atoms in total. The Hall–Kier alpha value is -1.08. The number of rotatable bonds is 0. The Morgan fingerprint density at radius 1 is 0.667 bits per heavy atom. The fraction of sp³-hybridized carbons (Fsp3) is 0.167. The van der Waals surface area contributed by atoms with Crippen molar-refractivity contribution >= 4 is 0 Å². The van der Waals surface area contributed by atoms with Gasteiger partial charge in [0.05, 0.1) is 0 Å². The maximum Gasteiger partial charge on any atom is 3.00 e. The molecule has 2 aromatic rings. The summed E-state index contributed by atoms with van der Waals surface area (Å²) < 4.78 is 0. The molecule has 0 unspecified atom stereocenters. The van der Waals surface area contributed by atoms with Crippen molar-refractivity contribution in [3.05, 3.63) is 60.2 Å². The Morgan fingerprint density at radius 2 is 0.933 bits per heavy atom. The van der Waals surface area contributed by atoms with Gasteiger partial charge in [-0.3, -0.25) is 9.97 Å². The molecule has 0 bridgehead atoms. The molecule has 0 saturated heterocycles. The fourth-order valence-electron chi connectivity index (χ4n) is 0.853. The smallest absolute Gasteiger partial charge is 0.265 e. The number of hydrogen-bond donors (Lipinski definition) is 0. The summed E-state index contributed by atoms with van der Waals surface area (Å²) >= 11 is 0. The van der Waals surface area contributed by atoms with E-state index in [1.165, 1.54) is 11.1 Å². The minimum absolute atomic E-state index is 0. The summed E-state index contributed by atoms with van der Waals surface area (Å²) in [5.41, 5.74) is 2.52. The van der Waals surface area contributed by atoms with Crippen LogP contribution < -0.4 is 0 Å². The second kappa shape index (κ2) is 8.25. The normalized spacial score (nSPS) is 8.13. The average Bonchev–Trinajstić information content (AvgIpc) is 2.21. The molecule has 0 aliphatic heterocycles. The van der Waals surface area contributed by atoms with Gasteiger partial charge in [-0.1, -0.05) is 0 Å². The molecule has 0 saturated carbocycles. The minimum atomic E-state index is 0. The van der Waals surface area contributed by atoms with Crippen LogP contribution in [0, 0.1) is 13.8 Å². The molecule has 2 heterocycles. The van der Waals surface area contributed by atoms with Gasteiger partial charge >= 0.3 is 19.5 Å². The third kappa shape index (κ3) is 6.92. The van der Waals surface area contributed by atoms with Crippen LogP contribution in [0.15, 0.2) is 49.1 Å². The van der Waals surface area contributed by atoms with Crippen molar-refractivity contribution in [2.45, 2.75) is 13.8 Å². The van der Waals surface area contributed by atoms with Crippen LogP contribution in [-0.4, -0.2) is 9.97 Å². The molecule has 1 radical (unpaired) electrons. The summed E-state index contributed by atoms with van der Waals surface area (Å²) in [5, 5.41) is 0. The van der Waals surface area contributed by atoms with Crippen LogP contribution in [0.2, 0.25) is 0 Å². The minimum Gasteiger partial charge on any atom is -0.265 e. The number of nitrogens with zero attached hydrogens (tertiary/aromatic N) is 2. The van der Waals surface area contributed by atoms with Gasteiger partial charge in [0.15, 0.2) is 0 Å². The second-order valence-electron chi connectivity index (χ2n) is 3.05. The zero-order chi connectivity index (χ0) is 10.2. The first-order chi connectivity index (χ1) is 6.79. The maximum atomic E-state index is 3.85. The molecule has 0 aliphatic carbocycles. The van der Waals surface area contributed by atoms with Crippen molar-refractivity contribution in [1.29, 1.82) is 0 Å². The van der Waals surface area contributed by atoms with E-state index in [4.69, 9.17) is 0 Å². The van der Waals surface area contributed by atoms with Crippen LogP contribution in [0.3, 0.4) is 0 Å². The largest absolute Gasteiger partial charge is 3.00 e. The first-order valence-corrected chi connectivity index (χ1v) is 4.52. The van der Waals surface area contributed by atoms with Crippen LogP contribution in [0.1, 0.15) is 11.1 Å². The molecule has 0 atom stereocenters. The molecule has 0 spiro atoms. The van der Waals surface area contributed by atoms with Crippen LogP contribution >= 0.6 is 0 Å². The molecule has 3 heteroatoms. The van der Waals surface area contributed by atoms with E-state index >= 15 is 0 Å². The quantitative estimate of drug-likeness (QED) is 0.696. The van der Waals surface area contributed by atoms with E-state index in [0.717, 1.165) is 0 Å². The molecular weight excluding hydrogens is 273 g/mol. The molecular formula is C12H14N2Ru+3. The van der Waals surface area contributed by atoms with Crippen molar-refractivity contribution in [1.82, 2.24) is 9.97 Å². The number of aryl methyl sites for hydroxylation is 2. The molecule has 0 N–H and O–H groups in total. The molecule has 0 aliphatic rings. The number of aromatic nitrogens is 2. The Morgan fingerprint density at radius 3 is 1.07 bits per heavy atom. The van der Waals surface area contributed by atoms with E-state index < -0.39 is 0 Å². The molecule has 2 aromatic heterocycles. The van der Waals surface area contributed by atoms with Gasteiger partial charge in [-0.25, -0.2) is 0 Å². The summed E-state index contributed by atoms with van der Waals surface area (Å²) in [5.74, 6) is 0. The molecule has 0 fully saturated rings. The van der Waals surface area contributed by atoms with E-state index in [0.29, 0.717) is 0 Å². The summed E-state index contributed by atoms with van der Waals surface area (Å²) in [6.45, 7) is 4.09. The fourth-order valence-corrected chi connectivity index (χ4v) is 0.853. The van der Waals surface area contributed by atoms with E-state index in [1.54, 1.807) is 24.8 Å². The van der Waals surface area contributed by atoms with E-state index in [9.17, 15) is 0 Å². The van der Waals surface area contributed by atoms with Crippen LogP contribution in [0.5, 0.6) is 0 Å². The predicted octanol–water partition coefficient (Wildman–Crippen LogP) is 2.78. The zero-order valence-corrected chi connectivity index (χ0v) is 10.6. The van der Waals surface area contributed by atoms with Gasteiger partial charge in [0, 0.05) is 24.8 Å². The van der Waals surface area contributed by atoms with Crippen LogP contribution in [-0.2, 0) is 19.5 Å². The molecule has 15 heavy (non-hydrogen) atoms. The maximum absolute atomic E-state index is 3.85. The van der Waals surface area contributed by atoms with Crippen LogP contribution in [0.25, 0.3) is 0 Å². The third-order valence-electron chi connectivity index (χ3n) is 1.69. The van der Waals surface area contributed by atoms with Gasteiger partial charge in [0.25, 0.3) is 0 Å². The molecule has 0 amide bonds. The van der Waals surface area contributed by atoms with E-state index in [2.05, 4.69) is 9.97 Å². The van der Waals surface area contributed by atoms with E-state index in [1.807, 2.05) is 38.1 Å². The SMILES string of the molecule is Cc1ccncc1.Cc1ccncc1.[Ru+3]. The van der Waals surface area contributed by atoms with Gasteiger partial charge in [-0.2, -0.15) is 0 Å². The van der Waals surface area contributed by atoms with E-state index in [-0.39, 0.29) is 19.5 Å². The van der Waals surface area contributed by atoms with Crippen molar-refractivity contribution in [3.63, 3.8) is 0 Å². The van der Waals surface area contributed by atoms with Crippen molar-refractivity contribution in [2.24, 2.45) is 0 Å². The summed E-state index contributed by atoms with van der Waals surface area (Å²) in [7, 11) is 0. The summed E-state index contributed by atoms with van der Waals surface area (Å²) in [6, 6.07) is 7.89. The second-order valence-corrected chi connectivity index (χ2v) is 3.05. The third-order valence-corrected chi connectivity index (χ3v) is 1.69. The Bertz CT molecular complexity index is 311. The Kier molecular flexibility index (Phi) is 7.66. The predicted molar refractivity (Wildman–Crippen MR) is 57.9 cm³/mol.